The van der Waals surface area contributed by atoms with Crippen molar-refractivity contribution >= 4 is 5.91 Å². The number of ether oxygens (including phenoxy) is 2. The fraction of sp³-hybridized carbons (Fsp3) is 0.471. The third kappa shape index (κ3) is 2.70. The third-order valence-electron chi connectivity index (χ3n) is 4.56. The minimum absolute atomic E-state index is 0.153. The van der Waals surface area contributed by atoms with Crippen LogP contribution in [0.4, 0.5) is 0 Å². The summed E-state index contributed by atoms with van der Waals surface area (Å²) >= 11 is 0. The Hall–Kier alpha value is -2.57. The predicted octanol–water partition coefficient (Wildman–Crippen LogP) is 1.54. The Kier molecular flexibility index (Phi) is 3.84. The van der Waals surface area contributed by atoms with E-state index in [-0.39, 0.29) is 12.7 Å². The van der Waals surface area contributed by atoms with Crippen LogP contribution >= 0.6 is 0 Å². The Labute approximate surface area is 140 Å². The lowest BCUT2D eigenvalue weighted by molar-refractivity contribution is -0.132. The molecule has 0 fully saturated rings. The van der Waals surface area contributed by atoms with Crippen LogP contribution in [0.25, 0.3) is 0 Å². The first-order valence-electron chi connectivity index (χ1n) is 8.32. The van der Waals surface area contributed by atoms with Gasteiger partial charge in [-0.05, 0) is 24.1 Å². The summed E-state index contributed by atoms with van der Waals surface area (Å²) in [5.41, 5.74) is 1.08. The minimum atomic E-state index is 0.153. The van der Waals surface area contributed by atoms with E-state index in [1.165, 1.54) is 0 Å². The van der Waals surface area contributed by atoms with Gasteiger partial charge in [0.2, 0.25) is 12.7 Å². The Morgan fingerprint density at radius 3 is 2.96 bits per heavy atom. The number of amides is 1. The van der Waals surface area contributed by atoms with Crippen molar-refractivity contribution in [3.8, 4) is 11.5 Å². The standard InChI is InChI=1S/C17H20N4O3/c1-2-15-18-19-16-10-20(7-8-21(15)16)17(22)6-4-12-3-5-13-14(9-12)24-11-23-13/h3,5,9H,2,4,6-8,10-11H2,1H3. The average molecular weight is 328 g/mol. The van der Waals surface area contributed by atoms with Gasteiger partial charge < -0.3 is 18.9 Å². The van der Waals surface area contributed by atoms with E-state index in [0.717, 1.165) is 48.2 Å². The van der Waals surface area contributed by atoms with Gasteiger partial charge in [0.05, 0.1) is 6.54 Å². The molecule has 2 aromatic rings. The number of rotatable bonds is 4. The Morgan fingerprint density at radius 2 is 2.08 bits per heavy atom. The SMILES string of the molecule is CCc1nnc2n1CCN(C(=O)CCc1ccc3c(c1)OCO3)C2. The molecule has 0 spiro atoms. The molecule has 1 aromatic heterocycles. The van der Waals surface area contributed by atoms with E-state index in [9.17, 15) is 4.79 Å². The zero-order chi connectivity index (χ0) is 16.5. The summed E-state index contributed by atoms with van der Waals surface area (Å²) in [6.07, 6.45) is 2.04. The van der Waals surface area contributed by atoms with Gasteiger partial charge in [-0.1, -0.05) is 13.0 Å². The highest BCUT2D eigenvalue weighted by Gasteiger charge is 2.23. The maximum Gasteiger partial charge on any atom is 0.231 e. The van der Waals surface area contributed by atoms with Crippen molar-refractivity contribution in [2.75, 3.05) is 13.3 Å². The van der Waals surface area contributed by atoms with Crippen LogP contribution in [-0.2, 0) is 30.7 Å². The van der Waals surface area contributed by atoms with Gasteiger partial charge >= 0.3 is 0 Å². The molecule has 4 rings (SSSR count). The summed E-state index contributed by atoms with van der Waals surface area (Å²) in [6, 6.07) is 5.84. The number of aromatic nitrogens is 3. The molecular weight excluding hydrogens is 308 g/mol. The first-order valence-corrected chi connectivity index (χ1v) is 8.32. The van der Waals surface area contributed by atoms with Crippen molar-refractivity contribution in [2.24, 2.45) is 0 Å². The van der Waals surface area contributed by atoms with Crippen molar-refractivity contribution in [1.82, 2.24) is 19.7 Å². The van der Waals surface area contributed by atoms with E-state index in [2.05, 4.69) is 21.7 Å². The molecule has 0 atom stereocenters. The zero-order valence-electron chi connectivity index (χ0n) is 13.7. The summed E-state index contributed by atoms with van der Waals surface area (Å²) in [5, 5.41) is 8.39. The van der Waals surface area contributed by atoms with Crippen LogP contribution < -0.4 is 9.47 Å². The molecule has 2 aliphatic heterocycles. The molecule has 0 radical (unpaired) electrons. The largest absolute Gasteiger partial charge is 0.454 e. The first kappa shape index (κ1) is 15.0. The van der Waals surface area contributed by atoms with Crippen LogP contribution in [0.15, 0.2) is 18.2 Å². The number of hydrogen-bond donors (Lipinski definition) is 0. The van der Waals surface area contributed by atoms with Crippen molar-refractivity contribution in [3.05, 3.63) is 35.4 Å². The van der Waals surface area contributed by atoms with Gasteiger partial charge in [-0.25, -0.2) is 0 Å². The van der Waals surface area contributed by atoms with Crippen LogP contribution in [0.5, 0.6) is 11.5 Å². The number of hydrogen-bond acceptors (Lipinski definition) is 5. The van der Waals surface area contributed by atoms with Crippen molar-refractivity contribution in [3.63, 3.8) is 0 Å². The van der Waals surface area contributed by atoms with Crippen LogP contribution in [0.2, 0.25) is 0 Å². The quantitative estimate of drug-likeness (QED) is 0.851. The lowest BCUT2D eigenvalue weighted by Gasteiger charge is -2.28. The van der Waals surface area contributed by atoms with Gasteiger partial charge in [0.15, 0.2) is 17.3 Å². The van der Waals surface area contributed by atoms with Gasteiger partial charge in [-0.2, -0.15) is 0 Å². The molecule has 0 unspecified atom stereocenters. The van der Waals surface area contributed by atoms with Crippen molar-refractivity contribution in [1.29, 1.82) is 0 Å². The molecule has 0 bridgehead atoms. The number of carbonyl (C=O) groups is 1. The van der Waals surface area contributed by atoms with Gasteiger partial charge in [-0.15, -0.1) is 10.2 Å². The molecule has 1 amide bonds. The van der Waals surface area contributed by atoms with Gasteiger partial charge in [0.1, 0.15) is 5.82 Å². The van der Waals surface area contributed by atoms with Gasteiger partial charge in [0, 0.05) is 25.9 Å². The van der Waals surface area contributed by atoms with E-state index >= 15 is 0 Å². The molecule has 0 N–H and O–H groups in total. The molecule has 0 saturated heterocycles. The second-order valence-electron chi connectivity index (χ2n) is 6.04. The molecule has 126 valence electrons. The topological polar surface area (TPSA) is 69.5 Å². The Bertz CT molecular complexity index is 771. The maximum absolute atomic E-state index is 12.5. The molecule has 1 aromatic carbocycles. The highest BCUT2D eigenvalue weighted by atomic mass is 16.7. The first-order chi connectivity index (χ1) is 11.7. The number of carbonyl (C=O) groups excluding carboxylic acids is 1. The van der Waals surface area contributed by atoms with E-state index < -0.39 is 0 Å². The number of aryl methyl sites for hydroxylation is 2. The Morgan fingerprint density at radius 1 is 1.21 bits per heavy atom. The minimum Gasteiger partial charge on any atom is -0.454 e. The molecule has 0 saturated carbocycles. The summed E-state index contributed by atoms with van der Waals surface area (Å²) in [5.74, 6) is 3.57. The summed E-state index contributed by atoms with van der Waals surface area (Å²) < 4.78 is 12.8. The molecule has 24 heavy (non-hydrogen) atoms. The molecular formula is C17H20N4O3. The van der Waals surface area contributed by atoms with E-state index in [4.69, 9.17) is 9.47 Å². The fourth-order valence-corrected chi connectivity index (χ4v) is 3.20. The monoisotopic (exact) mass is 328 g/mol. The molecule has 2 aliphatic rings. The summed E-state index contributed by atoms with van der Waals surface area (Å²) in [6.45, 7) is 4.39. The van der Waals surface area contributed by atoms with Crippen LogP contribution in [0.1, 0.15) is 30.6 Å². The number of fused-ring (bicyclic) bond motifs is 2. The van der Waals surface area contributed by atoms with Crippen LogP contribution in [0.3, 0.4) is 0 Å². The second kappa shape index (κ2) is 6.14. The fourth-order valence-electron chi connectivity index (χ4n) is 3.20. The highest BCUT2D eigenvalue weighted by Crippen LogP contribution is 2.32. The van der Waals surface area contributed by atoms with E-state index in [0.29, 0.717) is 19.4 Å². The third-order valence-corrected chi connectivity index (χ3v) is 4.56. The molecule has 7 heteroatoms. The normalized spacial score (nSPS) is 15.5. The lowest BCUT2D eigenvalue weighted by atomic mass is 10.1. The van der Waals surface area contributed by atoms with Crippen LogP contribution in [0, 0.1) is 0 Å². The number of nitrogens with zero attached hydrogens (tertiary/aromatic N) is 4. The average Bonchev–Trinajstić information content (AvgIpc) is 3.24. The van der Waals surface area contributed by atoms with E-state index in [1.807, 2.05) is 23.1 Å². The molecule has 7 nitrogen and oxygen atoms in total. The smallest absolute Gasteiger partial charge is 0.231 e. The number of benzene rings is 1. The van der Waals surface area contributed by atoms with E-state index in [1.54, 1.807) is 0 Å². The predicted molar refractivity (Wildman–Crippen MR) is 85.7 cm³/mol. The highest BCUT2D eigenvalue weighted by molar-refractivity contribution is 5.76. The summed E-state index contributed by atoms with van der Waals surface area (Å²) in [4.78, 5) is 14.4. The molecule has 3 heterocycles. The maximum atomic E-state index is 12.5. The van der Waals surface area contributed by atoms with Crippen molar-refractivity contribution < 1.29 is 14.3 Å². The van der Waals surface area contributed by atoms with Crippen LogP contribution in [-0.4, -0.2) is 38.9 Å². The van der Waals surface area contributed by atoms with Crippen molar-refractivity contribution in [2.45, 2.75) is 39.3 Å². The van der Waals surface area contributed by atoms with Gasteiger partial charge in [0.25, 0.3) is 0 Å². The Balaban J connectivity index is 1.37. The summed E-state index contributed by atoms with van der Waals surface area (Å²) in [7, 11) is 0. The molecule has 0 aliphatic carbocycles. The second-order valence-corrected chi connectivity index (χ2v) is 6.04. The van der Waals surface area contributed by atoms with Gasteiger partial charge in [-0.3, -0.25) is 4.79 Å². The lowest BCUT2D eigenvalue weighted by Crippen LogP contribution is -2.38. The zero-order valence-corrected chi connectivity index (χ0v) is 13.7.